The number of H-pyrrole nitrogens is 1. The van der Waals surface area contributed by atoms with Crippen LogP contribution >= 0.6 is 0 Å². The first-order valence-corrected chi connectivity index (χ1v) is 11.2. The standard InChI is InChI=1S/C28H26FN3O3/c1-18-4-9-25(29)20(12-18)14-22(33)13-19-5-7-23(8-6-19)35-24-10-11-30-26(16-24)21-15-27(31-17-21)28(34)32(2)3/h4-12,15-17,31H,13-14H2,1-3H3. The molecule has 0 aliphatic carbocycles. The number of nitrogens with one attached hydrogen (secondary N) is 1. The van der Waals surface area contributed by atoms with Gasteiger partial charge in [0.25, 0.3) is 5.91 Å². The van der Waals surface area contributed by atoms with E-state index in [4.69, 9.17) is 4.74 Å². The number of pyridine rings is 1. The van der Waals surface area contributed by atoms with Crippen molar-refractivity contribution in [1.29, 1.82) is 0 Å². The van der Waals surface area contributed by atoms with E-state index in [1.165, 1.54) is 11.0 Å². The Morgan fingerprint density at radius 1 is 0.971 bits per heavy atom. The summed E-state index contributed by atoms with van der Waals surface area (Å²) in [5.74, 6) is 0.674. The summed E-state index contributed by atoms with van der Waals surface area (Å²) < 4.78 is 19.9. The lowest BCUT2D eigenvalue weighted by atomic mass is 10.0. The molecule has 0 saturated heterocycles. The Hall–Kier alpha value is -4.26. The van der Waals surface area contributed by atoms with Gasteiger partial charge in [0.1, 0.15) is 28.8 Å². The SMILES string of the molecule is Cc1ccc(F)c(CC(=O)Cc2ccc(Oc3ccnc(-c4c[nH]c(C(=O)N(C)C)c4)c3)cc2)c1. The summed E-state index contributed by atoms with van der Waals surface area (Å²) in [6.07, 6.45) is 3.65. The van der Waals surface area contributed by atoms with Gasteiger partial charge < -0.3 is 14.6 Å². The molecular formula is C28H26FN3O3. The maximum absolute atomic E-state index is 13.9. The van der Waals surface area contributed by atoms with Gasteiger partial charge in [0.05, 0.1) is 5.69 Å². The number of ether oxygens (including phenoxy) is 1. The predicted octanol–water partition coefficient (Wildman–Crippen LogP) is 5.37. The zero-order valence-electron chi connectivity index (χ0n) is 19.8. The van der Waals surface area contributed by atoms with Gasteiger partial charge in [-0.05, 0) is 48.4 Å². The molecule has 35 heavy (non-hydrogen) atoms. The van der Waals surface area contributed by atoms with Gasteiger partial charge in [-0.1, -0.05) is 29.8 Å². The van der Waals surface area contributed by atoms with Crippen LogP contribution in [0.4, 0.5) is 4.39 Å². The predicted molar refractivity (Wildman–Crippen MR) is 132 cm³/mol. The first-order valence-electron chi connectivity index (χ1n) is 11.2. The molecule has 0 fully saturated rings. The Morgan fingerprint density at radius 3 is 2.49 bits per heavy atom. The number of aromatic nitrogens is 2. The van der Waals surface area contributed by atoms with E-state index in [0.29, 0.717) is 28.5 Å². The molecule has 0 aliphatic heterocycles. The zero-order valence-corrected chi connectivity index (χ0v) is 19.8. The van der Waals surface area contributed by atoms with Crippen molar-refractivity contribution in [3.05, 3.63) is 101 Å². The van der Waals surface area contributed by atoms with E-state index in [1.807, 2.05) is 19.1 Å². The first-order chi connectivity index (χ1) is 16.8. The average Bonchev–Trinajstić information content (AvgIpc) is 3.33. The molecule has 0 bridgehead atoms. The lowest BCUT2D eigenvalue weighted by molar-refractivity contribution is -0.117. The van der Waals surface area contributed by atoms with E-state index in [1.54, 1.807) is 69.0 Å². The lowest BCUT2D eigenvalue weighted by Crippen LogP contribution is -2.21. The van der Waals surface area contributed by atoms with Crippen molar-refractivity contribution in [2.24, 2.45) is 0 Å². The van der Waals surface area contributed by atoms with Crippen LogP contribution in [0.25, 0.3) is 11.3 Å². The second kappa shape index (κ2) is 10.3. The minimum atomic E-state index is -0.357. The highest BCUT2D eigenvalue weighted by Gasteiger charge is 2.13. The molecule has 0 saturated carbocycles. The smallest absolute Gasteiger partial charge is 0.269 e. The number of carbonyl (C=O) groups is 2. The Kier molecular flexibility index (Phi) is 7.06. The van der Waals surface area contributed by atoms with E-state index >= 15 is 0 Å². The highest BCUT2D eigenvalue weighted by Crippen LogP contribution is 2.27. The van der Waals surface area contributed by atoms with Crippen molar-refractivity contribution < 1.29 is 18.7 Å². The molecule has 1 amide bonds. The highest BCUT2D eigenvalue weighted by atomic mass is 19.1. The summed E-state index contributed by atoms with van der Waals surface area (Å²) in [5, 5.41) is 0. The summed E-state index contributed by atoms with van der Waals surface area (Å²) in [5.41, 5.74) is 4.10. The maximum Gasteiger partial charge on any atom is 0.269 e. The number of amides is 1. The number of aromatic amines is 1. The van der Waals surface area contributed by atoms with Crippen LogP contribution in [0.5, 0.6) is 11.5 Å². The van der Waals surface area contributed by atoms with Gasteiger partial charge in [0.2, 0.25) is 0 Å². The molecule has 0 unspecified atom stereocenters. The molecule has 0 spiro atoms. The number of benzene rings is 2. The van der Waals surface area contributed by atoms with Crippen LogP contribution in [0.3, 0.4) is 0 Å². The molecule has 7 heteroatoms. The summed E-state index contributed by atoms with van der Waals surface area (Å²) in [7, 11) is 3.39. The van der Waals surface area contributed by atoms with Crippen molar-refractivity contribution in [3.63, 3.8) is 0 Å². The molecule has 1 N–H and O–H groups in total. The number of Topliss-reactive ketones (excluding diaryl/α,β-unsaturated/α-hetero) is 1. The Morgan fingerprint density at radius 2 is 1.74 bits per heavy atom. The van der Waals surface area contributed by atoms with E-state index in [0.717, 1.165) is 16.7 Å². The molecule has 0 radical (unpaired) electrons. The Balaban J connectivity index is 1.39. The molecule has 2 heterocycles. The van der Waals surface area contributed by atoms with Crippen LogP contribution < -0.4 is 4.74 Å². The van der Waals surface area contributed by atoms with Gasteiger partial charge >= 0.3 is 0 Å². The summed E-state index contributed by atoms with van der Waals surface area (Å²) in [6.45, 7) is 1.87. The van der Waals surface area contributed by atoms with Crippen LogP contribution in [0.1, 0.15) is 27.2 Å². The van der Waals surface area contributed by atoms with Crippen LogP contribution in [0.15, 0.2) is 73.1 Å². The van der Waals surface area contributed by atoms with Gasteiger partial charge in [-0.15, -0.1) is 0 Å². The molecule has 4 rings (SSSR count). The van der Waals surface area contributed by atoms with Crippen molar-refractivity contribution >= 4 is 11.7 Å². The van der Waals surface area contributed by atoms with Crippen LogP contribution in [0, 0.1) is 12.7 Å². The minimum Gasteiger partial charge on any atom is -0.457 e. The molecular weight excluding hydrogens is 445 g/mol. The fraction of sp³-hybridized carbons (Fsp3) is 0.179. The highest BCUT2D eigenvalue weighted by molar-refractivity contribution is 5.93. The topological polar surface area (TPSA) is 75.3 Å². The number of halogens is 1. The van der Waals surface area contributed by atoms with Gasteiger partial charge in [0, 0.05) is 51.0 Å². The van der Waals surface area contributed by atoms with Gasteiger partial charge in [-0.3, -0.25) is 14.6 Å². The summed E-state index contributed by atoms with van der Waals surface area (Å²) >= 11 is 0. The molecule has 0 atom stereocenters. The van der Waals surface area contributed by atoms with Crippen molar-refractivity contribution in [2.45, 2.75) is 19.8 Å². The van der Waals surface area contributed by atoms with E-state index in [-0.39, 0.29) is 30.3 Å². The number of aryl methyl sites for hydroxylation is 1. The molecule has 2 aromatic carbocycles. The number of hydrogen-bond acceptors (Lipinski definition) is 4. The van der Waals surface area contributed by atoms with E-state index in [9.17, 15) is 14.0 Å². The quantitative estimate of drug-likeness (QED) is 0.375. The third-order valence-corrected chi connectivity index (χ3v) is 5.50. The minimum absolute atomic E-state index is 0.0550. The number of carbonyl (C=O) groups excluding carboxylic acids is 2. The van der Waals surface area contributed by atoms with Crippen LogP contribution in [-0.4, -0.2) is 40.7 Å². The third-order valence-electron chi connectivity index (χ3n) is 5.50. The van der Waals surface area contributed by atoms with Crippen molar-refractivity contribution in [3.8, 4) is 22.8 Å². The zero-order chi connectivity index (χ0) is 24.9. The maximum atomic E-state index is 13.9. The summed E-state index contributed by atoms with van der Waals surface area (Å²) in [6, 6.07) is 17.3. The lowest BCUT2D eigenvalue weighted by Gasteiger charge is -2.08. The number of ketones is 1. The summed E-state index contributed by atoms with van der Waals surface area (Å²) in [4.78, 5) is 33.4. The fourth-order valence-corrected chi connectivity index (χ4v) is 3.69. The number of hydrogen-bond donors (Lipinski definition) is 1. The van der Waals surface area contributed by atoms with E-state index in [2.05, 4.69) is 9.97 Å². The van der Waals surface area contributed by atoms with Crippen LogP contribution in [-0.2, 0) is 17.6 Å². The number of nitrogens with zero attached hydrogens (tertiary/aromatic N) is 2. The third kappa shape index (κ3) is 6.00. The monoisotopic (exact) mass is 471 g/mol. The van der Waals surface area contributed by atoms with Crippen molar-refractivity contribution in [1.82, 2.24) is 14.9 Å². The van der Waals surface area contributed by atoms with Gasteiger partial charge in [0.15, 0.2) is 0 Å². The first kappa shape index (κ1) is 23.9. The van der Waals surface area contributed by atoms with E-state index < -0.39 is 0 Å². The fourth-order valence-electron chi connectivity index (χ4n) is 3.69. The largest absolute Gasteiger partial charge is 0.457 e. The second-order valence-electron chi connectivity index (χ2n) is 8.61. The molecule has 6 nitrogen and oxygen atoms in total. The van der Waals surface area contributed by atoms with Crippen LogP contribution in [0.2, 0.25) is 0 Å². The second-order valence-corrected chi connectivity index (χ2v) is 8.61. The molecule has 4 aromatic rings. The number of rotatable bonds is 8. The van der Waals surface area contributed by atoms with Gasteiger partial charge in [-0.2, -0.15) is 0 Å². The molecule has 2 aromatic heterocycles. The Labute approximate surface area is 203 Å². The average molecular weight is 472 g/mol. The van der Waals surface area contributed by atoms with Crippen molar-refractivity contribution in [2.75, 3.05) is 14.1 Å². The van der Waals surface area contributed by atoms with Gasteiger partial charge in [-0.25, -0.2) is 4.39 Å². The normalized spacial score (nSPS) is 10.7. The molecule has 0 aliphatic rings. The Bertz CT molecular complexity index is 1360. The molecule has 178 valence electrons.